The lowest BCUT2D eigenvalue weighted by Crippen LogP contribution is -2.45. The first-order valence-electron chi connectivity index (χ1n) is 36.6. The summed E-state index contributed by atoms with van der Waals surface area (Å²) in [6.07, 6.45) is 111. The van der Waals surface area contributed by atoms with Gasteiger partial charge in [0.2, 0.25) is 5.91 Å². The SMILES string of the molecule is CC/C=C\C/C=C\C/C=C\C/C=C\C/C=C\C/C=C\CCCCCCCCCCCCCCCCCCCCCCCCC(=O)NC(CO)C(O)/C=C/CC/C=C/CC/C=C/CCCCCCCCCCCCCCCCCCCCCC. The molecule has 0 aliphatic heterocycles. The van der Waals surface area contributed by atoms with Gasteiger partial charge < -0.3 is 15.5 Å². The number of hydrogen-bond donors (Lipinski definition) is 3. The molecule has 4 heteroatoms. The molecule has 0 aromatic carbocycles. The van der Waals surface area contributed by atoms with Crippen molar-refractivity contribution in [3.05, 3.63) is 109 Å². The van der Waals surface area contributed by atoms with Crippen LogP contribution >= 0.6 is 0 Å². The number of aliphatic hydroxyl groups is 2. The molecule has 0 aliphatic carbocycles. The van der Waals surface area contributed by atoms with Crippen molar-refractivity contribution in [1.29, 1.82) is 0 Å². The van der Waals surface area contributed by atoms with E-state index in [9.17, 15) is 15.0 Å². The number of rotatable bonds is 67. The average molecular weight is 1150 g/mol. The minimum atomic E-state index is -0.876. The van der Waals surface area contributed by atoms with Crippen LogP contribution in [0.1, 0.15) is 367 Å². The number of nitrogens with one attached hydrogen (secondary N) is 1. The Morgan fingerprint density at radius 1 is 0.301 bits per heavy atom. The Labute approximate surface area is 518 Å². The van der Waals surface area contributed by atoms with Crippen LogP contribution in [0.15, 0.2) is 109 Å². The highest BCUT2D eigenvalue weighted by atomic mass is 16.3. The zero-order chi connectivity index (χ0) is 59.8. The van der Waals surface area contributed by atoms with E-state index in [4.69, 9.17) is 0 Å². The molecule has 2 atom stereocenters. The van der Waals surface area contributed by atoms with Crippen LogP contribution in [0.3, 0.4) is 0 Å². The predicted octanol–water partition coefficient (Wildman–Crippen LogP) is 25.3. The topological polar surface area (TPSA) is 69.6 Å². The lowest BCUT2D eigenvalue weighted by Gasteiger charge is -2.19. The third-order valence-electron chi connectivity index (χ3n) is 16.5. The normalized spacial score (nSPS) is 13.3. The van der Waals surface area contributed by atoms with Gasteiger partial charge in [-0.3, -0.25) is 4.79 Å². The van der Waals surface area contributed by atoms with Crippen LogP contribution in [-0.2, 0) is 4.79 Å². The molecule has 0 radical (unpaired) electrons. The molecule has 0 aliphatic rings. The second kappa shape index (κ2) is 73.3. The second-order valence-electron chi connectivity index (χ2n) is 24.6. The second-order valence-corrected chi connectivity index (χ2v) is 24.6. The molecule has 1 amide bonds. The molecule has 0 heterocycles. The standard InChI is InChI=1S/C79H141NO3/c1-3-5-7-9-11-13-15-17-19-21-23-25-27-29-31-33-35-36-37-38-39-40-41-42-43-44-45-47-49-51-53-55-57-59-61-63-65-67-69-71-73-75-79(83)80-77(76-81)78(82)74-72-70-68-66-64-62-60-58-56-54-52-50-48-46-34-32-30-28-26-24-22-20-18-16-14-12-10-8-6-4-2/h5,7,11,13,17,19,23,25,29,31,35-36,56,58,64,66,72,74,77-78,81-82H,3-4,6,8-10,12,14-16,18,20-22,24,26-28,30,32-34,37-55,57,59-63,65,67-71,73,75-76H2,1-2H3,(H,80,83)/b7-5-,13-11-,19-17-,25-23-,31-29-,36-35-,58-56+,66-64+,74-72+. The van der Waals surface area contributed by atoms with E-state index in [1.165, 1.54) is 270 Å². The fraction of sp³-hybridized carbons (Fsp3) is 0.759. The summed E-state index contributed by atoms with van der Waals surface area (Å²) in [7, 11) is 0. The van der Waals surface area contributed by atoms with Crippen molar-refractivity contribution in [3.8, 4) is 0 Å². The van der Waals surface area contributed by atoms with Gasteiger partial charge >= 0.3 is 0 Å². The molecule has 0 bridgehead atoms. The molecule has 0 saturated carbocycles. The zero-order valence-electron chi connectivity index (χ0n) is 55.4. The van der Waals surface area contributed by atoms with Crippen LogP contribution in [0.5, 0.6) is 0 Å². The predicted molar refractivity (Wildman–Crippen MR) is 373 cm³/mol. The van der Waals surface area contributed by atoms with Crippen LogP contribution in [-0.4, -0.2) is 34.9 Å². The third-order valence-corrected chi connectivity index (χ3v) is 16.5. The van der Waals surface area contributed by atoms with Gasteiger partial charge in [-0.05, 0) is 96.3 Å². The first kappa shape index (κ1) is 80.0. The smallest absolute Gasteiger partial charge is 0.220 e. The number of carbonyl (C=O) groups excluding carboxylic acids is 1. The Morgan fingerprint density at radius 3 is 0.843 bits per heavy atom. The Bertz CT molecular complexity index is 1540. The minimum Gasteiger partial charge on any atom is -0.394 e. The van der Waals surface area contributed by atoms with E-state index in [-0.39, 0.29) is 12.5 Å². The molecule has 2 unspecified atom stereocenters. The summed E-state index contributed by atoms with van der Waals surface area (Å²) in [5, 5.41) is 23.3. The van der Waals surface area contributed by atoms with E-state index in [0.717, 1.165) is 77.0 Å². The van der Waals surface area contributed by atoms with Gasteiger partial charge in [0.1, 0.15) is 0 Å². The van der Waals surface area contributed by atoms with Gasteiger partial charge in [0, 0.05) is 6.42 Å². The van der Waals surface area contributed by atoms with Gasteiger partial charge in [0.05, 0.1) is 18.8 Å². The Balaban J connectivity index is 3.49. The Hall–Kier alpha value is -2.95. The highest BCUT2D eigenvalue weighted by Gasteiger charge is 2.18. The van der Waals surface area contributed by atoms with Crippen molar-refractivity contribution in [2.75, 3.05) is 6.61 Å². The van der Waals surface area contributed by atoms with Crippen molar-refractivity contribution in [2.45, 2.75) is 379 Å². The molecule has 83 heavy (non-hydrogen) atoms. The van der Waals surface area contributed by atoms with Crippen molar-refractivity contribution in [3.63, 3.8) is 0 Å². The van der Waals surface area contributed by atoms with Gasteiger partial charge in [-0.25, -0.2) is 0 Å². The number of unbranched alkanes of at least 4 members (excludes halogenated alkanes) is 44. The van der Waals surface area contributed by atoms with Gasteiger partial charge in [-0.1, -0.05) is 374 Å². The highest BCUT2D eigenvalue weighted by molar-refractivity contribution is 5.76. The zero-order valence-corrected chi connectivity index (χ0v) is 55.4. The lowest BCUT2D eigenvalue weighted by molar-refractivity contribution is -0.123. The maximum absolute atomic E-state index is 12.5. The maximum Gasteiger partial charge on any atom is 0.220 e. The molecular formula is C79H141NO3. The van der Waals surface area contributed by atoms with Crippen LogP contribution in [0, 0.1) is 0 Å². The molecular weight excluding hydrogens is 1010 g/mol. The van der Waals surface area contributed by atoms with Crippen LogP contribution < -0.4 is 5.32 Å². The largest absolute Gasteiger partial charge is 0.394 e. The van der Waals surface area contributed by atoms with Crippen molar-refractivity contribution < 1.29 is 15.0 Å². The van der Waals surface area contributed by atoms with E-state index in [0.29, 0.717) is 6.42 Å². The first-order valence-corrected chi connectivity index (χ1v) is 36.6. The van der Waals surface area contributed by atoms with Gasteiger partial charge in [0.25, 0.3) is 0 Å². The maximum atomic E-state index is 12.5. The quantitative estimate of drug-likeness (QED) is 0.0420. The molecule has 0 saturated heterocycles. The number of allylic oxidation sites excluding steroid dienone is 17. The van der Waals surface area contributed by atoms with E-state index >= 15 is 0 Å². The van der Waals surface area contributed by atoms with Crippen molar-refractivity contribution in [2.24, 2.45) is 0 Å². The van der Waals surface area contributed by atoms with E-state index in [2.05, 4.69) is 116 Å². The van der Waals surface area contributed by atoms with Crippen LogP contribution in [0.25, 0.3) is 0 Å². The summed E-state index contributed by atoms with van der Waals surface area (Å²) in [6, 6.07) is -0.651. The summed E-state index contributed by atoms with van der Waals surface area (Å²) in [4.78, 5) is 12.5. The molecule has 0 aromatic heterocycles. The summed E-state index contributed by atoms with van der Waals surface area (Å²) in [5.74, 6) is -0.0741. The molecule has 0 spiro atoms. The molecule has 480 valence electrons. The number of hydrogen-bond acceptors (Lipinski definition) is 3. The monoisotopic (exact) mass is 1150 g/mol. The minimum absolute atomic E-state index is 0.0741. The molecule has 0 fully saturated rings. The number of amides is 1. The van der Waals surface area contributed by atoms with Crippen LogP contribution in [0.2, 0.25) is 0 Å². The van der Waals surface area contributed by atoms with Gasteiger partial charge in [-0.15, -0.1) is 0 Å². The number of carbonyl (C=O) groups is 1. The average Bonchev–Trinajstić information content (AvgIpc) is 3.51. The fourth-order valence-corrected chi connectivity index (χ4v) is 11.0. The summed E-state index contributed by atoms with van der Waals surface area (Å²) in [6.45, 7) is 4.21. The third kappa shape index (κ3) is 69.7. The van der Waals surface area contributed by atoms with Crippen molar-refractivity contribution >= 4 is 5.91 Å². The van der Waals surface area contributed by atoms with Crippen molar-refractivity contribution in [1.82, 2.24) is 5.32 Å². The van der Waals surface area contributed by atoms with E-state index < -0.39 is 12.1 Å². The molecule has 0 aromatic rings. The summed E-state index contributed by atoms with van der Waals surface area (Å²) in [5.41, 5.74) is 0. The molecule has 4 nitrogen and oxygen atoms in total. The summed E-state index contributed by atoms with van der Waals surface area (Å²) < 4.78 is 0. The Morgan fingerprint density at radius 2 is 0.542 bits per heavy atom. The number of aliphatic hydroxyl groups excluding tert-OH is 2. The van der Waals surface area contributed by atoms with E-state index in [1.807, 2.05) is 6.08 Å². The Kier molecular flexibility index (Phi) is 70.7. The van der Waals surface area contributed by atoms with Gasteiger partial charge in [0.15, 0.2) is 0 Å². The molecule has 0 rings (SSSR count). The first-order chi connectivity index (χ1) is 41.2. The highest BCUT2D eigenvalue weighted by Crippen LogP contribution is 2.18. The lowest BCUT2D eigenvalue weighted by atomic mass is 10.0. The van der Waals surface area contributed by atoms with Gasteiger partial charge in [-0.2, -0.15) is 0 Å². The summed E-state index contributed by atoms with van der Waals surface area (Å²) >= 11 is 0. The van der Waals surface area contributed by atoms with Crippen LogP contribution in [0.4, 0.5) is 0 Å². The molecule has 3 N–H and O–H groups in total. The van der Waals surface area contributed by atoms with E-state index in [1.54, 1.807) is 6.08 Å². The fourth-order valence-electron chi connectivity index (χ4n) is 11.0.